The molecule has 7 heteroatoms. The molecule has 1 fully saturated rings. The number of nitrogens with zero attached hydrogens (tertiary/aromatic N) is 1. The van der Waals surface area contributed by atoms with Crippen LogP contribution in [0.5, 0.6) is 0 Å². The topological polar surface area (TPSA) is 49.4 Å². The van der Waals surface area contributed by atoms with Crippen molar-refractivity contribution >= 4 is 10.0 Å². The van der Waals surface area contributed by atoms with Gasteiger partial charge in [-0.3, -0.25) is 0 Å². The normalized spacial score (nSPS) is 19.6. The molecule has 1 aromatic carbocycles. The Balaban J connectivity index is 2.13. The van der Waals surface area contributed by atoms with Crippen LogP contribution in [0.1, 0.15) is 19.8 Å². The number of sulfonamides is 1. The molecule has 0 radical (unpaired) electrons. The quantitative estimate of drug-likeness (QED) is 0.923. The van der Waals surface area contributed by atoms with Gasteiger partial charge < -0.3 is 5.32 Å². The molecule has 1 aliphatic rings. The standard InChI is InChI=1S/C14H20F2N2O2S/c1-10(17-2)11-5-7-18(8-6-11)21(19,20)12-3-4-13(15)14(16)9-12/h3-4,9-11,17H,5-8H2,1-2H3. The molecule has 1 aliphatic heterocycles. The van der Waals surface area contributed by atoms with Crippen LogP contribution in [-0.4, -0.2) is 38.9 Å². The fourth-order valence-electron chi connectivity index (χ4n) is 2.64. The molecule has 1 saturated heterocycles. The average molecular weight is 318 g/mol. The third-order valence-corrected chi connectivity index (χ3v) is 6.08. The van der Waals surface area contributed by atoms with Crippen molar-refractivity contribution in [3.8, 4) is 0 Å². The zero-order chi connectivity index (χ0) is 15.6. The summed E-state index contributed by atoms with van der Waals surface area (Å²) < 4.78 is 52.3. The van der Waals surface area contributed by atoms with Gasteiger partial charge in [0.25, 0.3) is 0 Å². The van der Waals surface area contributed by atoms with E-state index in [-0.39, 0.29) is 4.90 Å². The highest BCUT2D eigenvalue weighted by Gasteiger charge is 2.31. The third-order valence-electron chi connectivity index (χ3n) is 4.19. The molecule has 1 heterocycles. The van der Waals surface area contributed by atoms with E-state index in [9.17, 15) is 17.2 Å². The minimum atomic E-state index is -3.75. The van der Waals surface area contributed by atoms with Crippen molar-refractivity contribution in [2.24, 2.45) is 5.92 Å². The first kappa shape index (κ1) is 16.3. The molecule has 1 unspecified atom stereocenters. The highest BCUT2D eigenvalue weighted by atomic mass is 32.2. The molecular formula is C14H20F2N2O2S. The maximum Gasteiger partial charge on any atom is 0.243 e. The Morgan fingerprint density at radius 2 is 1.86 bits per heavy atom. The molecule has 0 bridgehead atoms. The molecule has 1 atom stereocenters. The van der Waals surface area contributed by atoms with E-state index in [2.05, 4.69) is 12.2 Å². The minimum Gasteiger partial charge on any atom is -0.317 e. The SMILES string of the molecule is CNC(C)C1CCN(S(=O)(=O)c2ccc(F)c(F)c2)CC1. The van der Waals surface area contributed by atoms with Gasteiger partial charge in [0, 0.05) is 19.1 Å². The molecule has 0 amide bonds. The van der Waals surface area contributed by atoms with Gasteiger partial charge in [0.15, 0.2) is 11.6 Å². The van der Waals surface area contributed by atoms with Crippen LogP contribution in [0.2, 0.25) is 0 Å². The highest BCUT2D eigenvalue weighted by Crippen LogP contribution is 2.26. The van der Waals surface area contributed by atoms with Crippen LogP contribution in [0.4, 0.5) is 8.78 Å². The smallest absolute Gasteiger partial charge is 0.243 e. The molecule has 0 aliphatic carbocycles. The molecule has 21 heavy (non-hydrogen) atoms. The van der Waals surface area contributed by atoms with E-state index in [4.69, 9.17) is 0 Å². The van der Waals surface area contributed by atoms with Gasteiger partial charge in [-0.25, -0.2) is 17.2 Å². The van der Waals surface area contributed by atoms with Crippen molar-refractivity contribution < 1.29 is 17.2 Å². The van der Waals surface area contributed by atoms with Crippen LogP contribution in [0, 0.1) is 17.6 Å². The van der Waals surface area contributed by atoms with Crippen LogP contribution < -0.4 is 5.32 Å². The predicted octanol–water partition coefficient (Wildman–Crippen LogP) is 1.97. The van der Waals surface area contributed by atoms with Gasteiger partial charge in [0.1, 0.15) is 0 Å². The Labute approximate surface area is 124 Å². The molecule has 1 N–H and O–H groups in total. The van der Waals surface area contributed by atoms with E-state index in [0.717, 1.165) is 31.0 Å². The maximum atomic E-state index is 13.2. The Hall–Kier alpha value is -1.05. The summed E-state index contributed by atoms with van der Waals surface area (Å²) in [5.74, 6) is -1.77. The summed E-state index contributed by atoms with van der Waals surface area (Å²) >= 11 is 0. The molecule has 4 nitrogen and oxygen atoms in total. The van der Waals surface area contributed by atoms with Gasteiger partial charge in [-0.05, 0) is 50.9 Å². The number of hydrogen-bond acceptors (Lipinski definition) is 3. The van der Waals surface area contributed by atoms with Gasteiger partial charge >= 0.3 is 0 Å². The van der Waals surface area contributed by atoms with E-state index in [1.165, 1.54) is 4.31 Å². The second-order valence-electron chi connectivity index (χ2n) is 5.39. The maximum absolute atomic E-state index is 13.2. The lowest BCUT2D eigenvalue weighted by Gasteiger charge is -2.34. The van der Waals surface area contributed by atoms with Crippen molar-refractivity contribution in [2.45, 2.75) is 30.7 Å². The van der Waals surface area contributed by atoms with Crippen LogP contribution in [0.15, 0.2) is 23.1 Å². The fraction of sp³-hybridized carbons (Fsp3) is 0.571. The summed E-state index contributed by atoms with van der Waals surface area (Å²) in [6.45, 7) is 2.88. The lowest BCUT2D eigenvalue weighted by Crippen LogP contribution is -2.43. The number of piperidine rings is 1. The molecule has 118 valence electrons. The second kappa shape index (κ2) is 6.37. The van der Waals surface area contributed by atoms with Gasteiger partial charge in [-0.2, -0.15) is 4.31 Å². The first-order valence-electron chi connectivity index (χ1n) is 6.98. The second-order valence-corrected chi connectivity index (χ2v) is 7.33. The van der Waals surface area contributed by atoms with E-state index < -0.39 is 21.7 Å². The largest absolute Gasteiger partial charge is 0.317 e. The van der Waals surface area contributed by atoms with Gasteiger partial charge in [0.05, 0.1) is 4.90 Å². The van der Waals surface area contributed by atoms with Crippen LogP contribution in [0.25, 0.3) is 0 Å². The molecule has 2 rings (SSSR count). The van der Waals surface area contributed by atoms with Crippen molar-refractivity contribution in [3.05, 3.63) is 29.8 Å². The summed E-state index contributed by atoms with van der Waals surface area (Å²) in [6.07, 6.45) is 1.51. The fourth-order valence-corrected chi connectivity index (χ4v) is 4.12. The molecule has 1 aromatic rings. The molecular weight excluding hydrogens is 298 g/mol. The summed E-state index contributed by atoms with van der Waals surface area (Å²) in [7, 11) is -1.87. The van der Waals surface area contributed by atoms with Crippen molar-refractivity contribution in [3.63, 3.8) is 0 Å². The summed E-state index contributed by atoms with van der Waals surface area (Å²) in [4.78, 5) is -0.193. The van der Waals surface area contributed by atoms with Crippen molar-refractivity contribution in [1.29, 1.82) is 0 Å². The van der Waals surface area contributed by atoms with E-state index in [0.29, 0.717) is 25.0 Å². The molecule has 0 spiro atoms. The molecule has 0 aromatic heterocycles. The Kier molecular flexibility index (Phi) is 4.95. The number of hydrogen-bond donors (Lipinski definition) is 1. The Bertz CT molecular complexity index is 599. The zero-order valence-corrected chi connectivity index (χ0v) is 13.0. The monoisotopic (exact) mass is 318 g/mol. The summed E-state index contributed by atoms with van der Waals surface area (Å²) in [6, 6.07) is 3.03. The minimum absolute atomic E-state index is 0.193. The van der Waals surface area contributed by atoms with Crippen LogP contribution in [0.3, 0.4) is 0 Å². The predicted molar refractivity (Wildman–Crippen MR) is 76.4 cm³/mol. The van der Waals surface area contributed by atoms with E-state index in [1.807, 2.05) is 7.05 Å². The number of halogens is 2. The Morgan fingerprint density at radius 3 is 2.38 bits per heavy atom. The highest BCUT2D eigenvalue weighted by molar-refractivity contribution is 7.89. The summed E-state index contributed by atoms with van der Waals surface area (Å²) in [5, 5.41) is 3.17. The van der Waals surface area contributed by atoms with Crippen LogP contribution >= 0.6 is 0 Å². The first-order chi connectivity index (χ1) is 9.86. The van der Waals surface area contributed by atoms with Gasteiger partial charge in [0.2, 0.25) is 10.0 Å². The van der Waals surface area contributed by atoms with Crippen molar-refractivity contribution in [1.82, 2.24) is 9.62 Å². The number of rotatable bonds is 4. The van der Waals surface area contributed by atoms with Crippen molar-refractivity contribution in [2.75, 3.05) is 20.1 Å². The zero-order valence-electron chi connectivity index (χ0n) is 12.1. The van der Waals surface area contributed by atoms with E-state index >= 15 is 0 Å². The number of nitrogens with one attached hydrogen (secondary N) is 1. The van der Waals surface area contributed by atoms with Gasteiger partial charge in [-0.15, -0.1) is 0 Å². The average Bonchev–Trinajstić information content (AvgIpc) is 2.49. The number of benzene rings is 1. The third kappa shape index (κ3) is 3.41. The van der Waals surface area contributed by atoms with Crippen LogP contribution in [-0.2, 0) is 10.0 Å². The lowest BCUT2D eigenvalue weighted by atomic mass is 9.91. The van der Waals surface area contributed by atoms with Gasteiger partial charge in [-0.1, -0.05) is 0 Å². The molecule has 0 saturated carbocycles. The van der Waals surface area contributed by atoms with E-state index in [1.54, 1.807) is 0 Å². The summed E-state index contributed by atoms with van der Waals surface area (Å²) in [5.41, 5.74) is 0. The first-order valence-corrected chi connectivity index (χ1v) is 8.42. The lowest BCUT2D eigenvalue weighted by molar-refractivity contribution is 0.236. The Morgan fingerprint density at radius 1 is 1.24 bits per heavy atom.